The Kier molecular flexibility index (Phi) is 4.24. The number of ether oxygens (including phenoxy) is 2. The summed E-state index contributed by atoms with van der Waals surface area (Å²) >= 11 is 1.57. The predicted molar refractivity (Wildman–Crippen MR) is 101 cm³/mol. The van der Waals surface area contributed by atoms with Gasteiger partial charge in [-0.3, -0.25) is 4.79 Å². The zero-order valence-electron chi connectivity index (χ0n) is 15.1. The van der Waals surface area contributed by atoms with Crippen LogP contribution in [0.5, 0.6) is 5.75 Å². The lowest BCUT2D eigenvalue weighted by Crippen LogP contribution is -2.67. The first-order valence-corrected chi connectivity index (χ1v) is 9.90. The largest absolute Gasteiger partial charge is 0.497 e. The van der Waals surface area contributed by atoms with Crippen molar-refractivity contribution in [3.63, 3.8) is 0 Å². The van der Waals surface area contributed by atoms with Crippen LogP contribution in [0.2, 0.25) is 0 Å². The minimum absolute atomic E-state index is 0.0592. The monoisotopic (exact) mass is 359 g/mol. The second-order valence-corrected chi connectivity index (χ2v) is 8.26. The summed E-state index contributed by atoms with van der Waals surface area (Å²) in [5.74, 6) is 0.885. The van der Waals surface area contributed by atoms with Gasteiger partial charge in [0.1, 0.15) is 5.75 Å². The highest BCUT2D eigenvalue weighted by Gasteiger charge is 2.59. The number of rotatable bonds is 5. The van der Waals surface area contributed by atoms with Gasteiger partial charge in [0.25, 0.3) is 5.91 Å². The summed E-state index contributed by atoms with van der Waals surface area (Å²) in [4.78, 5) is 13.7. The molecule has 0 radical (unpaired) electrons. The molecule has 1 N–H and O–H groups in total. The topological polar surface area (TPSA) is 47.6 Å². The number of carbonyl (C=O) groups is 1. The Balaban J connectivity index is 1.54. The Hall–Kier alpha value is -1.59. The van der Waals surface area contributed by atoms with Crippen molar-refractivity contribution in [2.45, 2.75) is 51.7 Å². The number of hydrogen-bond acceptors (Lipinski definition) is 4. The van der Waals surface area contributed by atoms with Crippen LogP contribution in [-0.2, 0) is 4.74 Å². The standard InChI is InChI=1S/C20H25NO3S/c1-4-24-17-11-16(20(17)8-5-9-20)21-19(22)18-12(2)14-10-13(23-3)6-7-15(14)25-18/h6-7,10,16-17H,4-5,8-9,11H2,1-3H3,(H,21,22)/t16-,17-/m0/s1. The molecule has 2 aliphatic rings. The maximum Gasteiger partial charge on any atom is 0.261 e. The van der Waals surface area contributed by atoms with Crippen molar-refractivity contribution < 1.29 is 14.3 Å². The maximum absolute atomic E-state index is 12.9. The van der Waals surface area contributed by atoms with Gasteiger partial charge in [0.05, 0.1) is 18.1 Å². The molecule has 1 heterocycles. The minimum atomic E-state index is 0.0592. The van der Waals surface area contributed by atoms with E-state index < -0.39 is 0 Å². The van der Waals surface area contributed by atoms with E-state index in [1.807, 2.05) is 32.0 Å². The summed E-state index contributed by atoms with van der Waals surface area (Å²) in [7, 11) is 1.67. The van der Waals surface area contributed by atoms with E-state index in [0.717, 1.165) is 39.3 Å². The number of benzene rings is 1. The van der Waals surface area contributed by atoms with Crippen molar-refractivity contribution in [3.8, 4) is 5.75 Å². The van der Waals surface area contributed by atoms with Crippen molar-refractivity contribution in [2.24, 2.45) is 5.41 Å². The quantitative estimate of drug-likeness (QED) is 0.866. The fraction of sp³-hybridized carbons (Fsp3) is 0.550. The minimum Gasteiger partial charge on any atom is -0.497 e. The van der Waals surface area contributed by atoms with Crippen molar-refractivity contribution in [2.75, 3.05) is 13.7 Å². The number of thiophene rings is 1. The summed E-state index contributed by atoms with van der Waals surface area (Å²) in [6.45, 7) is 4.83. The normalized spacial score (nSPS) is 24.0. The van der Waals surface area contributed by atoms with E-state index in [0.29, 0.717) is 6.10 Å². The van der Waals surface area contributed by atoms with Crippen molar-refractivity contribution in [1.82, 2.24) is 5.32 Å². The molecule has 0 aliphatic heterocycles. The van der Waals surface area contributed by atoms with Gasteiger partial charge in [0, 0.05) is 22.8 Å². The maximum atomic E-state index is 12.9. The van der Waals surface area contributed by atoms with Gasteiger partial charge >= 0.3 is 0 Å². The summed E-state index contributed by atoms with van der Waals surface area (Å²) in [6, 6.07) is 6.25. The van der Waals surface area contributed by atoms with Gasteiger partial charge in [-0.25, -0.2) is 0 Å². The van der Waals surface area contributed by atoms with E-state index in [1.54, 1.807) is 18.4 Å². The molecule has 134 valence electrons. The first kappa shape index (κ1) is 16.9. The summed E-state index contributed by atoms with van der Waals surface area (Å²) in [5.41, 5.74) is 1.24. The third-order valence-corrected chi connectivity index (χ3v) is 7.36. The van der Waals surface area contributed by atoms with Crippen molar-refractivity contribution in [3.05, 3.63) is 28.6 Å². The molecular formula is C20H25NO3S. The molecule has 0 unspecified atom stereocenters. The fourth-order valence-electron chi connectivity index (χ4n) is 4.41. The number of methoxy groups -OCH3 is 1. The average Bonchev–Trinajstić information content (AvgIpc) is 2.88. The molecule has 2 atom stereocenters. The highest BCUT2D eigenvalue weighted by Crippen LogP contribution is 2.57. The molecule has 4 rings (SSSR count). The van der Waals surface area contributed by atoms with Crippen LogP contribution in [0.15, 0.2) is 18.2 Å². The van der Waals surface area contributed by atoms with Crippen molar-refractivity contribution in [1.29, 1.82) is 0 Å². The van der Waals surface area contributed by atoms with Gasteiger partial charge in [0.15, 0.2) is 0 Å². The van der Waals surface area contributed by atoms with E-state index >= 15 is 0 Å². The number of carbonyl (C=O) groups excluding carboxylic acids is 1. The van der Waals surface area contributed by atoms with E-state index in [2.05, 4.69) is 5.32 Å². The van der Waals surface area contributed by atoms with E-state index in [-0.39, 0.29) is 17.4 Å². The van der Waals surface area contributed by atoms with Crippen LogP contribution in [0.3, 0.4) is 0 Å². The Morgan fingerprint density at radius 1 is 1.40 bits per heavy atom. The summed E-state index contributed by atoms with van der Waals surface area (Å²) in [6.07, 6.45) is 4.86. The first-order chi connectivity index (χ1) is 12.1. The van der Waals surface area contributed by atoms with Gasteiger partial charge in [-0.05, 0) is 62.3 Å². The van der Waals surface area contributed by atoms with E-state index in [1.165, 1.54) is 19.3 Å². The Labute approximate surface area is 152 Å². The Morgan fingerprint density at radius 2 is 2.20 bits per heavy atom. The van der Waals surface area contributed by atoms with Crippen molar-refractivity contribution >= 4 is 27.3 Å². The lowest BCUT2D eigenvalue weighted by atomic mass is 9.51. The van der Waals surface area contributed by atoms with Gasteiger partial charge in [-0.2, -0.15) is 0 Å². The molecule has 1 aromatic heterocycles. The zero-order valence-corrected chi connectivity index (χ0v) is 15.9. The summed E-state index contributed by atoms with van der Waals surface area (Å²) in [5, 5.41) is 4.41. The second kappa shape index (κ2) is 6.29. The van der Waals surface area contributed by atoms with E-state index in [9.17, 15) is 4.79 Å². The van der Waals surface area contributed by atoms with Crippen LogP contribution in [-0.4, -0.2) is 31.8 Å². The highest BCUT2D eigenvalue weighted by molar-refractivity contribution is 7.21. The lowest BCUT2D eigenvalue weighted by Gasteiger charge is -2.60. The van der Waals surface area contributed by atoms with Crippen LogP contribution in [0, 0.1) is 12.3 Å². The third-order valence-electron chi connectivity index (χ3n) is 6.09. The number of hydrogen-bond donors (Lipinski definition) is 1. The molecule has 0 bridgehead atoms. The molecule has 1 spiro atoms. The highest BCUT2D eigenvalue weighted by atomic mass is 32.1. The number of amides is 1. The zero-order chi connectivity index (χ0) is 17.6. The molecule has 4 nitrogen and oxygen atoms in total. The second-order valence-electron chi connectivity index (χ2n) is 7.21. The molecule has 5 heteroatoms. The van der Waals surface area contributed by atoms with Gasteiger partial charge < -0.3 is 14.8 Å². The third kappa shape index (κ3) is 2.56. The molecule has 2 fully saturated rings. The van der Waals surface area contributed by atoms with Gasteiger partial charge in [-0.15, -0.1) is 11.3 Å². The number of aryl methyl sites for hydroxylation is 1. The SMILES string of the molecule is CCO[C@H]1C[C@H](NC(=O)c2sc3ccc(OC)cc3c2C)C12CCC2. The first-order valence-electron chi connectivity index (χ1n) is 9.08. The lowest BCUT2D eigenvalue weighted by molar-refractivity contribution is -0.169. The van der Waals surface area contributed by atoms with Crippen LogP contribution >= 0.6 is 11.3 Å². The molecule has 2 aliphatic carbocycles. The molecule has 2 aromatic rings. The average molecular weight is 359 g/mol. The molecule has 2 saturated carbocycles. The van der Waals surface area contributed by atoms with Crippen LogP contribution < -0.4 is 10.1 Å². The number of nitrogens with one attached hydrogen (secondary N) is 1. The predicted octanol–water partition coefficient (Wildman–Crippen LogP) is 4.30. The summed E-state index contributed by atoms with van der Waals surface area (Å²) < 4.78 is 12.3. The fourth-order valence-corrected chi connectivity index (χ4v) is 5.50. The van der Waals surface area contributed by atoms with Crippen LogP contribution in [0.4, 0.5) is 0 Å². The van der Waals surface area contributed by atoms with Gasteiger partial charge in [0.2, 0.25) is 0 Å². The molecule has 0 saturated heterocycles. The van der Waals surface area contributed by atoms with E-state index in [4.69, 9.17) is 9.47 Å². The number of fused-ring (bicyclic) bond motifs is 1. The van der Waals surface area contributed by atoms with Gasteiger partial charge in [-0.1, -0.05) is 6.42 Å². The molecule has 1 aromatic carbocycles. The smallest absolute Gasteiger partial charge is 0.261 e. The molecule has 25 heavy (non-hydrogen) atoms. The Bertz CT molecular complexity index is 809. The van der Waals surface area contributed by atoms with Crippen LogP contribution in [0.25, 0.3) is 10.1 Å². The van der Waals surface area contributed by atoms with Crippen LogP contribution in [0.1, 0.15) is 47.8 Å². The molecular weight excluding hydrogens is 334 g/mol. The molecule has 1 amide bonds. The Morgan fingerprint density at radius 3 is 2.84 bits per heavy atom.